The SMILES string of the molecule is CN(CCC(=O)O)c1ccc(-c2nc3ccc(C4(c5ccccc5)C=C4)nc3s2)c(F)c1. The number of aliphatic carboxylic acids is 1. The lowest BCUT2D eigenvalue weighted by molar-refractivity contribution is -0.136. The number of carbonyl (C=O) groups is 1. The molecule has 5 rings (SSSR count). The smallest absolute Gasteiger partial charge is 0.305 e. The third-order valence-electron chi connectivity index (χ3n) is 5.72. The van der Waals surface area contributed by atoms with E-state index in [0.717, 1.165) is 16.0 Å². The molecule has 2 heterocycles. The van der Waals surface area contributed by atoms with Crippen LogP contribution in [-0.2, 0) is 10.2 Å². The predicted octanol–water partition coefficient (Wildman–Crippen LogP) is 5.26. The first-order valence-electron chi connectivity index (χ1n) is 10.2. The second-order valence-electron chi connectivity index (χ2n) is 7.84. The highest BCUT2D eigenvalue weighted by molar-refractivity contribution is 7.21. The van der Waals surface area contributed by atoms with Crippen LogP contribution >= 0.6 is 11.3 Å². The van der Waals surface area contributed by atoms with Gasteiger partial charge in [-0.05, 0) is 35.9 Å². The van der Waals surface area contributed by atoms with E-state index in [0.29, 0.717) is 22.8 Å². The van der Waals surface area contributed by atoms with E-state index in [9.17, 15) is 9.18 Å². The Labute approximate surface area is 188 Å². The van der Waals surface area contributed by atoms with Gasteiger partial charge in [0.15, 0.2) is 0 Å². The molecule has 0 atom stereocenters. The predicted molar refractivity (Wildman–Crippen MR) is 125 cm³/mol. The zero-order valence-corrected chi connectivity index (χ0v) is 18.1. The minimum Gasteiger partial charge on any atom is -0.481 e. The molecule has 0 radical (unpaired) electrons. The molecule has 2 aromatic carbocycles. The molecule has 0 spiro atoms. The summed E-state index contributed by atoms with van der Waals surface area (Å²) in [7, 11) is 1.75. The van der Waals surface area contributed by atoms with Crippen LogP contribution in [0.2, 0.25) is 0 Å². The van der Waals surface area contributed by atoms with Crippen LogP contribution in [0.5, 0.6) is 0 Å². The van der Waals surface area contributed by atoms with Crippen molar-refractivity contribution >= 4 is 33.3 Å². The van der Waals surface area contributed by atoms with Gasteiger partial charge >= 0.3 is 5.97 Å². The standard InChI is InChI=1S/C25H20FN3O2S/c1-29(14-11-22(30)31)17-7-8-18(19(26)15-17)23-27-20-9-10-21(28-24(20)32-23)25(12-13-25)16-5-3-2-4-6-16/h2-10,12-13,15H,11,14H2,1H3,(H,30,31). The summed E-state index contributed by atoms with van der Waals surface area (Å²) >= 11 is 1.36. The van der Waals surface area contributed by atoms with Crippen molar-refractivity contribution in [2.45, 2.75) is 11.8 Å². The van der Waals surface area contributed by atoms with Gasteiger partial charge in [-0.3, -0.25) is 4.79 Å². The summed E-state index contributed by atoms with van der Waals surface area (Å²) in [4.78, 5) is 22.7. The molecule has 1 aliphatic rings. The van der Waals surface area contributed by atoms with Gasteiger partial charge in [0.1, 0.15) is 21.2 Å². The molecule has 0 amide bonds. The summed E-state index contributed by atoms with van der Waals surface area (Å²) in [5.41, 5.74) is 3.60. The van der Waals surface area contributed by atoms with Crippen molar-refractivity contribution in [1.82, 2.24) is 9.97 Å². The highest BCUT2D eigenvalue weighted by Gasteiger charge is 2.39. The van der Waals surface area contributed by atoms with Crippen molar-refractivity contribution in [1.29, 1.82) is 0 Å². The van der Waals surface area contributed by atoms with Crippen LogP contribution in [0.15, 0.2) is 72.8 Å². The molecule has 32 heavy (non-hydrogen) atoms. The topological polar surface area (TPSA) is 66.3 Å². The van der Waals surface area contributed by atoms with E-state index in [1.54, 1.807) is 24.1 Å². The van der Waals surface area contributed by atoms with E-state index in [-0.39, 0.29) is 11.8 Å². The molecule has 0 fully saturated rings. The lowest BCUT2D eigenvalue weighted by atomic mass is 9.89. The van der Waals surface area contributed by atoms with Crippen molar-refractivity contribution in [3.63, 3.8) is 0 Å². The molecule has 0 unspecified atom stereocenters. The number of hydrogen-bond donors (Lipinski definition) is 1. The van der Waals surface area contributed by atoms with Crippen LogP contribution in [0.4, 0.5) is 10.1 Å². The van der Waals surface area contributed by atoms with Crippen LogP contribution in [-0.4, -0.2) is 34.6 Å². The van der Waals surface area contributed by atoms with Gasteiger partial charge in [-0.2, -0.15) is 0 Å². The molecule has 1 N–H and O–H groups in total. The van der Waals surface area contributed by atoms with Crippen LogP contribution < -0.4 is 4.90 Å². The Hall–Kier alpha value is -3.58. The number of anilines is 1. The van der Waals surface area contributed by atoms with Gasteiger partial charge in [0.05, 0.1) is 17.5 Å². The largest absolute Gasteiger partial charge is 0.481 e. The maximum Gasteiger partial charge on any atom is 0.305 e. The van der Waals surface area contributed by atoms with E-state index in [2.05, 4.69) is 29.3 Å². The molecule has 0 saturated carbocycles. The summed E-state index contributed by atoms with van der Waals surface area (Å²) < 4.78 is 14.9. The molecule has 160 valence electrons. The second-order valence-corrected chi connectivity index (χ2v) is 8.82. The molecule has 2 aromatic heterocycles. The first-order chi connectivity index (χ1) is 15.5. The van der Waals surface area contributed by atoms with Gasteiger partial charge in [-0.25, -0.2) is 14.4 Å². The summed E-state index contributed by atoms with van der Waals surface area (Å²) in [5.74, 6) is -1.28. The normalized spacial score (nSPS) is 13.9. The Bertz CT molecular complexity index is 1340. The number of thiazole rings is 1. The van der Waals surface area contributed by atoms with Crippen molar-refractivity contribution in [3.8, 4) is 10.6 Å². The van der Waals surface area contributed by atoms with E-state index < -0.39 is 11.8 Å². The van der Waals surface area contributed by atoms with Gasteiger partial charge in [-0.15, -0.1) is 0 Å². The van der Waals surface area contributed by atoms with E-state index >= 15 is 0 Å². The Morgan fingerprint density at radius 2 is 1.88 bits per heavy atom. The Balaban J connectivity index is 1.44. The molecule has 0 aliphatic heterocycles. The molecule has 0 bridgehead atoms. The van der Waals surface area contributed by atoms with Gasteiger partial charge in [0.25, 0.3) is 0 Å². The van der Waals surface area contributed by atoms with Crippen molar-refractivity contribution in [2.24, 2.45) is 0 Å². The summed E-state index contributed by atoms with van der Waals surface area (Å²) in [6.07, 6.45) is 4.26. The van der Waals surface area contributed by atoms with Gasteiger partial charge in [0.2, 0.25) is 0 Å². The van der Waals surface area contributed by atoms with Crippen molar-refractivity contribution in [2.75, 3.05) is 18.5 Å². The number of pyridine rings is 1. The number of carboxylic acids is 1. The summed E-state index contributed by atoms with van der Waals surface area (Å²) in [6, 6.07) is 19.0. The number of hydrogen-bond acceptors (Lipinski definition) is 5. The fraction of sp³-hybridized carbons (Fsp3) is 0.160. The van der Waals surface area contributed by atoms with Gasteiger partial charge in [-0.1, -0.05) is 53.8 Å². The number of nitrogens with zero attached hydrogens (tertiary/aromatic N) is 3. The van der Waals surface area contributed by atoms with Crippen LogP contribution in [0.1, 0.15) is 17.7 Å². The number of aromatic nitrogens is 2. The van der Waals surface area contributed by atoms with Crippen LogP contribution in [0.3, 0.4) is 0 Å². The van der Waals surface area contributed by atoms with E-state index in [1.807, 2.05) is 30.3 Å². The highest BCUT2D eigenvalue weighted by Crippen LogP contribution is 2.45. The molecule has 0 saturated heterocycles. The lowest BCUT2D eigenvalue weighted by Gasteiger charge is -2.18. The number of benzene rings is 2. The number of rotatable bonds is 7. The Kier molecular flexibility index (Phi) is 4.98. The molecular formula is C25H20FN3O2S. The molecule has 7 heteroatoms. The van der Waals surface area contributed by atoms with Gasteiger partial charge < -0.3 is 10.0 Å². The van der Waals surface area contributed by atoms with Gasteiger partial charge in [0, 0.05) is 24.8 Å². The molecular weight excluding hydrogens is 425 g/mol. The maximum atomic E-state index is 14.9. The minimum absolute atomic E-state index is 0.00886. The Morgan fingerprint density at radius 3 is 2.56 bits per heavy atom. The molecule has 1 aliphatic carbocycles. The van der Waals surface area contributed by atoms with Crippen molar-refractivity contribution in [3.05, 3.63) is 89.9 Å². The first kappa shape index (κ1) is 20.3. The van der Waals surface area contributed by atoms with E-state index in [4.69, 9.17) is 10.1 Å². The molecule has 5 nitrogen and oxygen atoms in total. The average Bonchev–Trinajstić information content (AvgIpc) is 3.50. The summed E-state index contributed by atoms with van der Waals surface area (Å²) in [5, 5.41) is 9.42. The lowest BCUT2D eigenvalue weighted by Crippen LogP contribution is -2.21. The average molecular weight is 446 g/mol. The summed E-state index contributed by atoms with van der Waals surface area (Å²) in [6.45, 7) is 0.305. The Morgan fingerprint density at radius 1 is 1.09 bits per heavy atom. The monoisotopic (exact) mass is 445 g/mol. The molecule has 4 aromatic rings. The fourth-order valence-corrected chi connectivity index (χ4v) is 4.74. The van der Waals surface area contributed by atoms with Crippen LogP contribution in [0.25, 0.3) is 20.9 Å². The second kappa shape index (κ2) is 7.84. The number of allylic oxidation sites excluding steroid dienone is 2. The fourth-order valence-electron chi connectivity index (χ4n) is 3.78. The number of halogens is 1. The van der Waals surface area contributed by atoms with E-state index in [1.165, 1.54) is 23.0 Å². The zero-order chi connectivity index (χ0) is 22.3. The minimum atomic E-state index is -0.884. The third kappa shape index (κ3) is 3.65. The maximum absolute atomic E-state index is 14.9. The van der Waals surface area contributed by atoms with Crippen LogP contribution in [0, 0.1) is 5.82 Å². The highest BCUT2D eigenvalue weighted by atomic mass is 32.1. The van der Waals surface area contributed by atoms with Crippen molar-refractivity contribution < 1.29 is 14.3 Å². The first-order valence-corrected chi connectivity index (χ1v) is 11.0. The quantitative estimate of drug-likeness (QED) is 0.393. The zero-order valence-electron chi connectivity index (χ0n) is 17.3. The third-order valence-corrected chi connectivity index (χ3v) is 6.71. The number of fused-ring (bicyclic) bond motifs is 1. The number of carboxylic acid groups (broad SMARTS) is 1.